The molecule has 20 heavy (non-hydrogen) atoms. The minimum Gasteiger partial charge on any atom is -0.330 e. The standard InChI is InChI=1S/C17H25N3/c1-13-6-5-9-17(10-13,12-18)11-15-14-7-3-4-8-16(14)20(2)19-15/h3-4,7-8,13H,5-6,9-12,18H2,1-2H3. The van der Waals surface area contributed by atoms with Gasteiger partial charge >= 0.3 is 0 Å². The van der Waals surface area contributed by atoms with E-state index >= 15 is 0 Å². The smallest absolute Gasteiger partial charge is 0.0709 e. The molecule has 0 radical (unpaired) electrons. The fourth-order valence-electron chi connectivity index (χ4n) is 3.96. The monoisotopic (exact) mass is 271 g/mol. The molecule has 0 spiro atoms. The summed E-state index contributed by atoms with van der Waals surface area (Å²) in [6, 6.07) is 8.51. The van der Waals surface area contributed by atoms with Gasteiger partial charge in [-0.2, -0.15) is 5.10 Å². The van der Waals surface area contributed by atoms with E-state index in [1.54, 1.807) is 0 Å². The normalized spacial score (nSPS) is 27.1. The van der Waals surface area contributed by atoms with E-state index in [1.165, 1.54) is 42.3 Å². The molecule has 2 unspecified atom stereocenters. The Morgan fingerprint density at radius 2 is 2.20 bits per heavy atom. The average Bonchev–Trinajstić information content (AvgIpc) is 2.76. The van der Waals surface area contributed by atoms with Gasteiger partial charge in [0.15, 0.2) is 0 Å². The molecule has 3 nitrogen and oxygen atoms in total. The zero-order valence-electron chi connectivity index (χ0n) is 12.6. The molecule has 0 aliphatic heterocycles. The number of para-hydroxylation sites is 1. The van der Waals surface area contributed by atoms with Gasteiger partial charge in [-0.25, -0.2) is 0 Å². The Hall–Kier alpha value is -1.35. The minimum absolute atomic E-state index is 0.259. The summed E-state index contributed by atoms with van der Waals surface area (Å²) >= 11 is 0. The lowest BCUT2D eigenvalue weighted by Crippen LogP contribution is -2.37. The number of hydrogen-bond acceptors (Lipinski definition) is 2. The maximum absolute atomic E-state index is 6.16. The third-order valence-electron chi connectivity index (χ3n) is 5.00. The quantitative estimate of drug-likeness (QED) is 0.931. The van der Waals surface area contributed by atoms with Crippen molar-refractivity contribution in [1.82, 2.24) is 9.78 Å². The van der Waals surface area contributed by atoms with Gasteiger partial charge in [-0.05, 0) is 43.2 Å². The number of aromatic nitrogens is 2. The number of nitrogens with zero attached hydrogens (tertiary/aromatic N) is 2. The molecular formula is C17H25N3. The number of fused-ring (bicyclic) bond motifs is 1. The van der Waals surface area contributed by atoms with Crippen molar-refractivity contribution in [1.29, 1.82) is 0 Å². The van der Waals surface area contributed by atoms with Crippen LogP contribution in [0.5, 0.6) is 0 Å². The molecule has 2 atom stereocenters. The molecule has 1 fully saturated rings. The Labute approximate surface area is 121 Å². The number of aryl methyl sites for hydroxylation is 1. The number of hydrogen-bond donors (Lipinski definition) is 1. The maximum Gasteiger partial charge on any atom is 0.0709 e. The van der Waals surface area contributed by atoms with Crippen LogP contribution in [0.4, 0.5) is 0 Å². The van der Waals surface area contributed by atoms with Crippen molar-refractivity contribution in [3.05, 3.63) is 30.0 Å². The Bertz CT molecular complexity index is 601. The van der Waals surface area contributed by atoms with Crippen molar-refractivity contribution >= 4 is 10.9 Å². The summed E-state index contributed by atoms with van der Waals surface area (Å²) < 4.78 is 2.00. The molecule has 108 valence electrons. The first-order valence-corrected chi connectivity index (χ1v) is 7.74. The van der Waals surface area contributed by atoms with Crippen molar-refractivity contribution in [3.8, 4) is 0 Å². The highest BCUT2D eigenvalue weighted by Crippen LogP contribution is 2.41. The molecule has 3 rings (SSSR count). The molecule has 0 amide bonds. The van der Waals surface area contributed by atoms with E-state index in [2.05, 4.69) is 31.2 Å². The van der Waals surface area contributed by atoms with Gasteiger partial charge < -0.3 is 5.73 Å². The summed E-state index contributed by atoms with van der Waals surface area (Å²) in [6.07, 6.45) is 6.18. The van der Waals surface area contributed by atoms with E-state index in [4.69, 9.17) is 10.8 Å². The summed E-state index contributed by atoms with van der Waals surface area (Å²) in [5.74, 6) is 0.794. The average molecular weight is 271 g/mol. The van der Waals surface area contributed by atoms with Crippen LogP contribution in [-0.4, -0.2) is 16.3 Å². The van der Waals surface area contributed by atoms with E-state index in [-0.39, 0.29) is 5.41 Å². The highest BCUT2D eigenvalue weighted by Gasteiger charge is 2.35. The van der Waals surface area contributed by atoms with Crippen LogP contribution in [0.2, 0.25) is 0 Å². The summed E-state index contributed by atoms with van der Waals surface area (Å²) in [6.45, 7) is 3.14. The second kappa shape index (κ2) is 5.21. The first-order valence-electron chi connectivity index (χ1n) is 7.74. The maximum atomic E-state index is 6.16. The van der Waals surface area contributed by atoms with E-state index in [9.17, 15) is 0 Å². The van der Waals surface area contributed by atoms with E-state index in [0.717, 1.165) is 18.9 Å². The van der Waals surface area contributed by atoms with Gasteiger partial charge in [-0.1, -0.05) is 38.0 Å². The first kappa shape index (κ1) is 13.6. The molecule has 1 heterocycles. The largest absolute Gasteiger partial charge is 0.330 e. The Morgan fingerprint density at radius 3 is 2.95 bits per heavy atom. The number of rotatable bonds is 3. The topological polar surface area (TPSA) is 43.8 Å². The Kier molecular flexibility index (Phi) is 3.55. The molecule has 3 heteroatoms. The first-order chi connectivity index (χ1) is 9.63. The summed E-state index contributed by atoms with van der Waals surface area (Å²) in [4.78, 5) is 0. The molecule has 2 aromatic rings. The molecule has 0 saturated heterocycles. The number of nitrogens with two attached hydrogens (primary N) is 1. The van der Waals surface area contributed by atoms with Gasteiger partial charge in [0.25, 0.3) is 0 Å². The number of benzene rings is 1. The third kappa shape index (κ3) is 2.35. The van der Waals surface area contributed by atoms with Crippen LogP contribution < -0.4 is 5.73 Å². The predicted octanol–water partition coefficient (Wildman–Crippen LogP) is 3.27. The molecular weight excluding hydrogens is 246 g/mol. The van der Waals surface area contributed by atoms with Crippen LogP contribution in [0.25, 0.3) is 10.9 Å². The van der Waals surface area contributed by atoms with Gasteiger partial charge in [0, 0.05) is 12.4 Å². The lowest BCUT2D eigenvalue weighted by atomic mass is 9.67. The summed E-state index contributed by atoms with van der Waals surface area (Å²) in [5.41, 5.74) is 8.87. The van der Waals surface area contributed by atoms with Crippen LogP contribution >= 0.6 is 0 Å². The summed E-state index contributed by atoms with van der Waals surface area (Å²) in [7, 11) is 2.03. The Balaban J connectivity index is 1.95. The van der Waals surface area contributed by atoms with Crippen LogP contribution in [0.1, 0.15) is 38.3 Å². The van der Waals surface area contributed by atoms with Crippen LogP contribution in [-0.2, 0) is 13.5 Å². The minimum atomic E-state index is 0.259. The molecule has 1 aromatic heterocycles. The second-order valence-electron chi connectivity index (χ2n) is 6.67. The van der Waals surface area contributed by atoms with Gasteiger partial charge in [-0.3, -0.25) is 4.68 Å². The van der Waals surface area contributed by atoms with Crippen LogP contribution in [0, 0.1) is 11.3 Å². The highest BCUT2D eigenvalue weighted by atomic mass is 15.3. The highest BCUT2D eigenvalue weighted by molar-refractivity contribution is 5.81. The van der Waals surface area contributed by atoms with Gasteiger partial charge in [-0.15, -0.1) is 0 Å². The van der Waals surface area contributed by atoms with Crippen molar-refractivity contribution in [3.63, 3.8) is 0 Å². The lowest BCUT2D eigenvalue weighted by molar-refractivity contribution is 0.152. The fraction of sp³-hybridized carbons (Fsp3) is 0.588. The van der Waals surface area contributed by atoms with Crippen LogP contribution in [0.3, 0.4) is 0 Å². The molecule has 2 N–H and O–H groups in total. The van der Waals surface area contributed by atoms with Crippen LogP contribution in [0.15, 0.2) is 24.3 Å². The van der Waals surface area contributed by atoms with E-state index in [1.807, 2.05) is 11.7 Å². The van der Waals surface area contributed by atoms with E-state index < -0.39 is 0 Å². The van der Waals surface area contributed by atoms with Crippen molar-refractivity contribution in [2.45, 2.75) is 39.0 Å². The zero-order valence-corrected chi connectivity index (χ0v) is 12.6. The molecule has 1 aromatic carbocycles. The molecule has 1 aliphatic rings. The summed E-state index contributed by atoms with van der Waals surface area (Å²) in [5, 5.41) is 6.06. The van der Waals surface area contributed by atoms with Crippen molar-refractivity contribution in [2.24, 2.45) is 24.1 Å². The molecule has 1 saturated carbocycles. The molecule has 0 bridgehead atoms. The fourth-order valence-corrected chi connectivity index (χ4v) is 3.96. The zero-order chi connectivity index (χ0) is 14.2. The molecule has 1 aliphatic carbocycles. The SMILES string of the molecule is CC1CCCC(CN)(Cc2nn(C)c3ccccc23)C1. The van der Waals surface area contributed by atoms with Crippen molar-refractivity contribution in [2.75, 3.05) is 6.54 Å². The van der Waals surface area contributed by atoms with E-state index in [0.29, 0.717) is 0 Å². The second-order valence-corrected chi connectivity index (χ2v) is 6.67. The van der Waals surface area contributed by atoms with Gasteiger partial charge in [0.05, 0.1) is 11.2 Å². The third-order valence-corrected chi connectivity index (χ3v) is 5.00. The lowest BCUT2D eigenvalue weighted by Gasteiger charge is -2.39. The van der Waals surface area contributed by atoms with Gasteiger partial charge in [0.1, 0.15) is 0 Å². The van der Waals surface area contributed by atoms with Crippen molar-refractivity contribution < 1.29 is 0 Å². The Morgan fingerprint density at radius 1 is 1.40 bits per heavy atom. The van der Waals surface area contributed by atoms with Gasteiger partial charge in [0.2, 0.25) is 0 Å². The predicted molar refractivity (Wildman–Crippen MR) is 83.5 cm³/mol.